The Bertz CT molecular complexity index is 504. The van der Waals surface area contributed by atoms with Gasteiger partial charge >= 0.3 is 6.18 Å². The largest absolute Gasteiger partial charge is 0.416 e. The number of nitro groups is 1. The molecule has 0 atom stereocenters. The Morgan fingerprint density at radius 3 is 2.40 bits per heavy atom. The first kappa shape index (κ1) is 16.6. The van der Waals surface area contributed by atoms with Gasteiger partial charge in [0.25, 0.3) is 5.69 Å². The van der Waals surface area contributed by atoms with Crippen LogP contribution in [0, 0.1) is 10.1 Å². The van der Waals surface area contributed by atoms with E-state index in [-0.39, 0.29) is 10.4 Å². The standard InChI is InChI=1S/C12H15F3N2O2S/c1-11(2,20-3)7-16-9-5-4-8(12(13,14)15)6-10(9)17(18)19/h4-6,16H,7H2,1-3H3. The molecule has 1 aromatic carbocycles. The van der Waals surface area contributed by atoms with Gasteiger partial charge in [0.2, 0.25) is 0 Å². The third-order valence-corrected chi connectivity index (χ3v) is 4.03. The Balaban J connectivity index is 3.06. The molecule has 20 heavy (non-hydrogen) atoms. The highest BCUT2D eigenvalue weighted by atomic mass is 32.2. The van der Waals surface area contributed by atoms with Crippen LogP contribution >= 0.6 is 11.8 Å². The molecule has 0 aliphatic rings. The summed E-state index contributed by atoms with van der Waals surface area (Å²) in [6.45, 7) is 4.27. The zero-order chi connectivity index (χ0) is 15.6. The number of benzene rings is 1. The predicted molar refractivity (Wildman–Crippen MR) is 74.2 cm³/mol. The summed E-state index contributed by atoms with van der Waals surface area (Å²) < 4.78 is 37.5. The van der Waals surface area contributed by atoms with Crippen LogP contribution in [0.15, 0.2) is 18.2 Å². The van der Waals surface area contributed by atoms with Gasteiger partial charge in [-0.1, -0.05) is 0 Å². The highest BCUT2D eigenvalue weighted by molar-refractivity contribution is 7.99. The van der Waals surface area contributed by atoms with E-state index in [1.807, 2.05) is 20.1 Å². The topological polar surface area (TPSA) is 55.2 Å². The molecule has 1 rings (SSSR count). The lowest BCUT2D eigenvalue weighted by Crippen LogP contribution is -2.26. The van der Waals surface area contributed by atoms with Crippen molar-refractivity contribution in [3.8, 4) is 0 Å². The van der Waals surface area contributed by atoms with Crippen molar-refractivity contribution in [3.63, 3.8) is 0 Å². The van der Waals surface area contributed by atoms with Gasteiger partial charge in [0.05, 0.1) is 10.5 Å². The maximum atomic E-state index is 12.5. The molecular formula is C12H15F3N2O2S. The van der Waals surface area contributed by atoms with Crippen molar-refractivity contribution < 1.29 is 18.1 Å². The third kappa shape index (κ3) is 4.29. The lowest BCUT2D eigenvalue weighted by atomic mass is 10.1. The minimum atomic E-state index is -4.60. The van der Waals surface area contributed by atoms with Crippen molar-refractivity contribution >= 4 is 23.1 Å². The van der Waals surface area contributed by atoms with E-state index < -0.39 is 22.4 Å². The number of thioether (sulfide) groups is 1. The van der Waals surface area contributed by atoms with Gasteiger partial charge in [0.15, 0.2) is 0 Å². The van der Waals surface area contributed by atoms with Crippen molar-refractivity contribution in [1.82, 2.24) is 0 Å². The van der Waals surface area contributed by atoms with E-state index in [1.54, 1.807) is 11.8 Å². The van der Waals surface area contributed by atoms with Crippen LogP contribution in [-0.2, 0) is 6.18 Å². The number of nitrogens with one attached hydrogen (secondary N) is 1. The Kier molecular flexibility index (Phi) is 4.90. The average molecular weight is 308 g/mol. The molecule has 0 saturated heterocycles. The molecule has 0 aliphatic carbocycles. The molecule has 0 heterocycles. The number of halogens is 3. The van der Waals surface area contributed by atoms with Crippen LogP contribution in [-0.4, -0.2) is 22.5 Å². The average Bonchev–Trinajstić information content (AvgIpc) is 2.35. The van der Waals surface area contributed by atoms with Crippen LogP contribution in [0.4, 0.5) is 24.5 Å². The zero-order valence-electron chi connectivity index (χ0n) is 11.2. The number of hydrogen-bond donors (Lipinski definition) is 1. The second-order valence-corrected chi connectivity index (χ2v) is 6.32. The first-order chi connectivity index (χ1) is 9.07. The molecule has 0 spiro atoms. The van der Waals surface area contributed by atoms with E-state index in [4.69, 9.17) is 0 Å². The molecule has 0 aliphatic heterocycles. The second-order valence-electron chi connectivity index (χ2n) is 4.80. The van der Waals surface area contributed by atoms with E-state index in [2.05, 4.69) is 5.32 Å². The van der Waals surface area contributed by atoms with Gasteiger partial charge in [-0.15, -0.1) is 0 Å². The molecule has 1 aromatic rings. The fourth-order valence-electron chi connectivity index (χ4n) is 1.39. The van der Waals surface area contributed by atoms with Crippen molar-refractivity contribution in [1.29, 1.82) is 0 Å². The number of nitro benzene ring substituents is 1. The third-order valence-electron chi connectivity index (χ3n) is 2.78. The zero-order valence-corrected chi connectivity index (χ0v) is 12.1. The summed E-state index contributed by atoms with van der Waals surface area (Å²) in [4.78, 5) is 10.1. The molecule has 0 aromatic heterocycles. The first-order valence-electron chi connectivity index (χ1n) is 5.71. The van der Waals surface area contributed by atoms with Gasteiger partial charge in [0, 0.05) is 17.4 Å². The number of hydrogen-bond acceptors (Lipinski definition) is 4. The summed E-state index contributed by atoms with van der Waals surface area (Å²) in [5.41, 5.74) is -1.51. The molecule has 0 amide bonds. The summed E-state index contributed by atoms with van der Waals surface area (Å²) in [6, 6.07) is 2.48. The van der Waals surface area contributed by atoms with Gasteiger partial charge in [0.1, 0.15) is 5.69 Å². The van der Waals surface area contributed by atoms with E-state index in [0.717, 1.165) is 12.1 Å². The number of anilines is 1. The summed E-state index contributed by atoms with van der Waals surface area (Å²) in [5, 5.41) is 13.7. The summed E-state index contributed by atoms with van der Waals surface area (Å²) >= 11 is 1.56. The second kappa shape index (κ2) is 5.90. The molecule has 0 saturated carbocycles. The van der Waals surface area contributed by atoms with E-state index in [9.17, 15) is 23.3 Å². The maximum absolute atomic E-state index is 12.5. The van der Waals surface area contributed by atoms with Gasteiger partial charge in [-0.3, -0.25) is 10.1 Å². The molecule has 4 nitrogen and oxygen atoms in total. The Morgan fingerprint density at radius 2 is 1.95 bits per heavy atom. The number of nitrogens with zero attached hydrogens (tertiary/aromatic N) is 1. The van der Waals surface area contributed by atoms with Crippen molar-refractivity contribution in [2.45, 2.75) is 24.8 Å². The normalized spacial score (nSPS) is 12.3. The Morgan fingerprint density at radius 1 is 1.35 bits per heavy atom. The Labute approximate surface area is 118 Å². The summed E-state index contributed by atoms with van der Waals surface area (Å²) in [6.07, 6.45) is -2.70. The van der Waals surface area contributed by atoms with E-state index in [0.29, 0.717) is 12.6 Å². The SMILES string of the molecule is CSC(C)(C)CNc1ccc(C(F)(F)F)cc1[N+](=O)[O-]. The molecule has 1 N–H and O–H groups in total. The number of rotatable bonds is 5. The van der Waals surface area contributed by atoms with Gasteiger partial charge in [-0.2, -0.15) is 24.9 Å². The van der Waals surface area contributed by atoms with E-state index >= 15 is 0 Å². The van der Waals surface area contributed by atoms with Crippen LogP contribution in [0.3, 0.4) is 0 Å². The van der Waals surface area contributed by atoms with Crippen LogP contribution in [0.5, 0.6) is 0 Å². The highest BCUT2D eigenvalue weighted by Crippen LogP contribution is 2.35. The first-order valence-corrected chi connectivity index (χ1v) is 6.94. The van der Waals surface area contributed by atoms with Gasteiger partial charge < -0.3 is 5.32 Å². The van der Waals surface area contributed by atoms with Crippen molar-refractivity contribution in [3.05, 3.63) is 33.9 Å². The van der Waals surface area contributed by atoms with Crippen LogP contribution in [0.25, 0.3) is 0 Å². The Hall–Kier alpha value is -1.44. The molecule has 0 bridgehead atoms. The summed E-state index contributed by atoms with van der Waals surface area (Å²) in [7, 11) is 0. The quantitative estimate of drug-likeness (QED) is 0.655. The maximum Gasteiger partial charge on any atom is 0.416 e. The van der Waals surface area contributed by atoms with E-state index in [1.165, 1.54) is 0 Å². The number of alkyl halides is 3. The minimum absolute atomic E-state index is 0.0881. The lowest BCUT2D eigenvalue weighted by molar-refractivity contribution is -0.384. The van der Waals surface area contributed by atoms with Crippen LogP contribution in [0.1, 0.15) is 19.4 Å². The fourth-order valence-corrected chi connectivity index (χ4v) is 1.61. The smallest absolute Gasteiger partial charge is 0.378 e. The van der Waals surface area contributed by atoms with Crippen LogP contribution < -0.4 is 5.32 Å². The molecule has 0 radical (unpaired) electrons. The highest BCUT2D eigenvalue weighted by Gasteiger charge is 2.33. The molecule has 0 fully saturated rings. The molecule has 0 unspecified atom stereocenters. The predicted octanol–water partition coefficient (Wildman–Crippen LogP) is 4.17. The van der Waals surface area contributed by atoms with Gasteiger partial charge in [-0.05, 0) is 32.2 Å². The fraction of sp³-hybridized carbons (Fsp3) is 0.500. The minimum Gasteiger partial charge on any atom is -0.378 e. The summed E-state index contributed by atoms with van der Waals surface area (Å²) in [5.74, 6) is 0. The molecule has 112 valence electrons. The van der Waals surface area contributed by atoms with Crippen LogP contribution in [0.2, 0.25) is 0 Å². The molecular weight excluding hydrogens is 293 g/mol. The van der Waals surface area contributed by atoms with Gasteiger partial charge in [-0.25, -0.2) is 0 Å². The van der Waals surface area contributed by atoms with Crippen molar-refractivity contribution in [2.75, 3.05) is 18.1 Å². The lowest BCUT2D eigenvalue weighted by Gasteiger charge is -2.23. The van der Waals surface area contributed by atoms with Crippen molar-refractivity contribution in [2.24, 2.45) is 0 Å². The molecule has 8 heteroatoms. The monoisotopic (exact) mass is 308 g/mol.